The second-order valence-electron chi connectivity index (χ2n) is 4.96. The number of aliphatic carboxylic acids is 3. The lowest BCUT2D eigenvalue weighted by molar-refractivity contribution is -0.170. The third-order valence-corrected chi connectivity index (χ3v) is 2.80. The molecule has 4 atom stereocenters. The molecule has 0 aromatic rings. The SMILES string of the molecule is N.N.N.O=C(O)CC(O)(CC(=O)O)C(=O)O.OCC(O)C(O)C(O)C(O)CO. The summed E-state index contributed by atoms with van der Waals surface area (Å²) in [6, 6.07) is 0. The fourth-order valence-electron chi connectivity index (χ4n) is 1.39. The molecule has 0 aliphatic rings. The van der Waals surface area contributed by atoms with Crippen LogP contribution < -0.4 is 18.5 Å². The second-order valence-corrected chi connectivity index (χ2v) is 4.96. The van der Waals surface area contributed by atoms with E-state index < -0.39 is 74.0 Å². The van der Waals surface area contributed by atoms with E-state index in [1.54, 1.807) is 0 Å². The predicted molar refractivity (Wildman–Crippen MR) is 90.4 cm³/mol. The summed E-state index contributed by atoms with van der Waals surface area (Å²) in [6.45, 7) is -1.45. The molecule has 0 amide bonds. The maximum Gasteiger partial charge on any atom is 0.336 e. The second kappa shape index (κ2) is 17.1. The summed E-state index contributed by atoms with van der Waals surface area (Å²) in [4.78, 5) is 30.5. The van der Waals surface area contributed by atoms with Crippen molar-refractivity contribution in [1.82, 2.24) is 18.5 Å². The van der Waals surface area contributed by atoms with Gasteiger partial charge in [-0.05, 0) is 0 Å². The topological polar surface area (TPSA) is 359 Å². The van der Waals surface area contributed by atoms with Crippen molar-refractivity contribution in [3.63, 3.8) is 0 Å². The van der Waals surface area contributed by atoms with Crippen molar-refractivity contribution in [1.29, 1.82) is 0 Å². The van der Waals surface area contributed by atoms with Gasteiger partial charge in [0.2, 0.25) is 0 Å². The Hall–Kier alpha value is -1.99. The van der Waals surface area contributed by atoms with Crippen LogP contribution in [-0.4, -0.2) is 112 Å². The lowest BCUT2D eigenvalue weighted by atomic mass is 9.96. The Morgan fingerprint density at radius 1 is 0.679 bits per heavy atom. The molecule has 0 aromatic heterocycles. The van der Waals surface area contributed by atoms with Crippen LogP contribution in [0.25, 0.3) is 0 Å². The average Bonchev–Trinajstić information content (AvgIpc) is 2.50. The first-order valence-electron chi connectivity index (χ1n) is 6.65. The molecule has 0 aliphatic carbocycles. The van der Waals surface area contributed by atoms with Gasteiger partial charge in [0.05, 0.1) is 26.1 Å². The highest BCUT2D eigenvalue weighted by Gasteiger charge is 2.40. The van der Waals surface area contributed by atoms with Gasteiger partial charge >= 0.3 is 17.9 Å². The van der Waals surface area contributed by atoms with Crippen LogP contribution >= 0.6 is 0 Å². The quantitative estimate of drug-likeness (QED) is 0.157. The molecule has 0 aliphatic heterocycles. The van der Waals surface area contributed by atoms with E-state index in [1.807, 2.05) is 0 Å². The van der Waals surface area contributed by atoms with Crippen molar-refractivity contribution in [2.45, 2.75) is 42.9 Å². The molecule has 19 N–H and O–H groups in total. The molecule has 0 aromatic carbocycles. The van der Waals surface area contributed by atoms with Crippen LogP contribution in [0.5, 0.6) is 0 Å². The Balaban J connectivity index is -0.000000114. The van der Waals surface area contributed by atoms with E-state index in [9.17, 15) is 14.4 Å². The highest BCUT2D eigenvalue weighted by Crippen LogP contribution is 2.15. The Labute approximate surface area is 159 Å². The van der Waals surface area contributed by atoms with E-state index in [0.29, 0.717) is 0 Å². The maximum absolute atomic E-state index is 10.3. The molecular weight excluding hydrogens is 394 g/mol. The van der Waals surface area contributed by atoms with Gasteiger partial charge < -0.3 is 69.5 Å². The molecular formula is C12H31N3O13. The van der Waals surface area contributed by atoms with E-state index in [1.165, 1.54) is 0 Å². The van der Waals surface area contributed by atoms with Crippen LogP contribution in [0.15, 0.2) is 0 Å². The molecule has 172 valence electrons. The number of carboxylic acid groups (broad SMARTS) is 3. The molecule has 16 heteroatoms. The Kier molecular flexibility index (Phi) is 22.6. The molecule has 0 bridgehead atoms. The van der Waals surface area contributed by atoms with Crippen molar-refractivity contribution < 1.29 is 65.4 Å². The summed E-state index contributed by atoms with van der Waals surface area (Å²) >= 11 is 0. The Morgan fingerprint density at radius 3 is 1.07 bits per heavy atom. The third-order valence-electron chi connectivity index (χ3n) is 2.80. The fourth-order valence-corrected chi connectivity index (χ4v) is 1.39. The van der Waals surface area contributed by atoms with Gasteiger partial charge in [0, 0.05) is 0 Å². The van der Waals surface area contributed by atoms with Crippen molar-refractivity contribution in [2.75, 3.05) is 13.2 Å². The molecule has 16 nitrogen and oxygen atoms in total. The minimum atomic E-state index is -2.74. The standard InChI is InChI=1S/C6H8O7.C6H14O6.3H3N/c7-3(8)1-6(13,5(11)12)2-4(9)10;7-1-3(9)5(11)6(12)4(10)2-8;;;/h13H,1-2H2,(H,7,8)(H,9,10)(H,11,12);3-12H,1-2H2;3*1H3. The van der Waals surface area contributed by atoms with Gasteiger partial charge in [0.1, 0.15) is 24.4 Å². The highest BCUT2D eigenvalue weighted by atomic mass is 16.4. The van der Waals surface area contributed by atoms with E-state index >= 15 is 0 Å². The van der Waals surface area contributed by atoms with Gasteiger partial charge in [-0.25, -0.2) is 4.79 Å². The molecule has 0 saturated carbocycles. The van der Waals surface area contributed by atoms with Crippen LogP contribution in [0.4, 0.5) is 0 Å². The smallest absolute Gasteiger partial charge is 0.336 e. The minimum absolute atomic E-state index is 0. The zero-order valence-corrected chi connectivity index (χ0v) is 15.0. The summed E-state index contributed by atoms with van der Waals surface area (Å²) in [5, 5.41) is 86.0. The summed E-state index contributed by atoms with van der Waals surface area (Å²) in [5.74, 6) is -5.02. The van der Waals surface area contributed by atoms with E-state index in [4.69, 9.17) is 51.1 Å². The first-order valence-corrected chi connectivity index (χ1v) is 6.65. The molecule has 0 rings (SSSR count). The molecule has 4 unspecified atom stereocenters. The number of hydrogen-bond acceptors (Lipinski definition) is 13. The molecule has 0 heterocycles. The highest BCUT2D eigenvalue weighted by molar-refractivity contribution is 5.88. The number of aliphatic hydroxyl groups is 7. The van der Waals surface area contributed by atoms with E-state index in [-0.39, 0.29) is 18.5 Å². The van der Waals surface area contributed by atoms with Crippen LogP contribution in [0.2, 0.25) is 0 Å². The normalized spacial score (nSPS) is 14.2. The number of aliphatic hydroxyl groups excluding tert-OH is 6. The number of rotatable bonds is 10. The lowest BCUT2D eigenvalue weighted by Gasteiger charge is -2.24. The molecule has 0 fully saturated rings. The van der Waals surface area contributed by atoms with Crippen LogP contribution in [0.3, 0.4) is 0 Å². The van der Waals surface area contributed by atoms with Gasteiger partial charge in [-0.2, -0.15) is 0 Å². The maximum atomic E-state index is 10.3. The number of carboxylic acids is 3. The zero-order valence-electron chi connectivity index (χ0n) is 15.0. The summed E-state index contributed by atoms with van der Waals surface area (Å²) in [6.07, 6.45) is -8.68. The summed E-state index contributed by atoms with van der Waals surface area (Å²) in [7, 11) is 0. The van der Waals surface area contributed by atoms with Crippen LogP contribution in [0.1, 0.15) is 12.8 Å². The fraction of sp³-hybridized carbons (Fsp3) is 0.750. The van der Waals surface area contributed by atoms with Crippen molar-refractivity contribution in [3.8, 4) is 0 Å². The predicted octanol–water partition coefficient (Wildman–Crippen LogP) is -4.35. The Morgan fingerprint density at radius 2 is 0.929 bits per heavy atom. The molecule has 0 spiro atoms. The minimum Gasteiger partial charge on any atom is -0.481 e. The van der Waals surface area contributed by atoms with Gasteiger partial charge in [-0.3, -0.25) is 9.59 Å². The van der Waals surface area contributed by atoms with Gasteiger partial charge in [0.25, 0.3) is 0 Å². The first kappa shape index (κ1) is 36.9. The Bertz CT molecular complexity index is 420. The molecule has 28 heavy (non-hydrogen) atoms. The van der Waals surface area contributed by atoms with Crippen molar-refractivity contribution in [3.05, 3.63) is 0 Å². The van der Waals surface area contributed by atoms with E-state index in [0.717, 1.165) is 0 Å². The average molecular weight is 425 g/mol. The summed E-state index contributed by atoms with van der Waals surface area (Å²) < 4.78 is 0. The largest absolute Gasteiger partial charge is 0.481 e. The third kappa shape index (κ3) is 14.1. The molecule has 0 saturated heterocycles. The number of hydrogen-bond donors (Lipinski definition) is 13. The van der Waals surface area contributed by atoms with E-state index in [2.05, 4.69) is 0 Å². The van der Waals surface area contributed by atoms with Crippen LogP contribution in [-0.2, 0) is 14.4 Å². The first-order chi connectivity index (χ1) is 11.3. The summed E-state index contributed by atoms with van der Waals surface area (Å²) in [5.41, 5.74) is -2.74. The zero-order chi connectivity index (χ0) is 20.4. The van der Waals surface area contributed by atoms with Crippen molar-refractivity contribution >= 4 is 17.9 Å². The monoisotopic (exact) mass is 425 g/mol. The number of carbonyl (C=O) groups is 3. The van der Waals surface area contributed by atoms with Crippen LogP contribution in [0, 0.1) is 0 Å². The lowest BCUT2D eigenvalue weighted by Crippen LogP contribution is -2.46. The molecule has 0 radical (unpaired) electrons. The van der Waals surface area contributed by atoms with Crippen molar-refractivity contribution in [2.24, 2.45) is 0 Å². The van der Waals surface area contributed by atoms with Gasteiger partial charge in [-0.15, -0.1) is 0 Å². The van der Waals surface area contributed by atoms with Gasteiger partial charge in [0.15, 0.2) is 5.60 Å². The van der Waals surface area contributed by atoms with Gasteiger partial charge in [-0.1, -0.05) is 0 Å².